The van der Waals surface area contributed by atoms with Gasteiger partial charge in [0.2, 0.25) is 5.91 Å². The summed E-state index contributed by atoms with van der Waals surface area (Å²) in [6, 6.07) is 12.1. The van der Waals surface area contributed by atoms with E-state index in [0.29, 0.717) is 36.2 Å². The molecule has 2 aliphatic rings. The van der Waals surface area contributed by atoms with Crippen LogP contribution < -0.4 is 5.63 Å². The van der Waals surface area contributed by atoms with Crippen LogP contribution >= 0.6 is 0 Å². The minimum Gasteiger partial charge on any atom is -0.463 e. The number of carbonyl (C=O) groups excluding carboxylic acids is 1. The number of piperidine rings is 1. The Kier molecular flexibility index (Phi) is 5.52. The van der Waals surface area contributed by atoms with Crippen molar-refractivity contribution < 1.29 is 18.7 Å². The Morgan fingerprint density at radius 2 is 1.89 bits per heavy atom. The third-order valence-electron chi connectivity index (χ3n) is 8.53. The number of hydrogen-bond donors (Lipinski definition) is 1. The molecule has 1 saturated heterocycles. The highest BCUT2D eigenvalue weighted by atomic mass is 16.4. The molecule has 186 valence electrons. The van der Waals surface area contributed by atoms with Gasteiger partial charge < -0.3 is 18.8 Å². The first-order valence-electron chi connectivity index (χ1n) is 12.9. The van der Waals surface area contributed by atoms with E-state index >= 15 is 0 Å². The van der Waals surface area contributed by atoms with Crippen molar-refractivity contribution in [3.8, 4) is 11.1 Å². The Morgan fingerprint density at radius 3 is 2.69 bits per heavy atom. The topological polar surface area (TPSA) is 83.9 Å². The molecule has 6 nitrogen and oxygen atoms in total. The first-order chi connectivity index (χ1) is 17.4. The second kappa shape index (κ2) is 8.63. The number of furan rings is 1. The molecular formula is C30H31NO5. The molecule has 2 aromatic carbocycles. The van der Waals surface area contributed by atoms with E-state index in [9.17, 15) is 14.7 Å². The number of amides is 1. The van der Waals surface area contributed by atoms with Crippen molar-refractivity contribution in [2.24, 2.45) is 5.92 Å². The van der Waals surface area contributed by atoms with Crippen molar-refractivity contribution in [1.29, 1.82) is 0 Å². The van der Waals surface area contributed by atoms with Crippen molar-refractivity contribution in [1.82, 2.24) is 4.90 Å². The maximum atomic E-state index is 13.3. The quantitative estimate of drug-likeness (QED) is 0.386. The van der Waals surface area contributed by atoms with Crippen molar-refractivity contribution in [2.45, 2.75) is 58.0 Å². The Labute approximate surface area is 209 Å². The van der Waals surface area contributed by atoms with E-state index in [2.05, 4.69) is 0 Å². The molecule has 4 aromatic rings. The molecule has 1 aliphatic carbocycles. The lowest BCUT2D eigenvalue weighted by molar-refractivity contribution is -0.142. The van der Waals surface area contributed by atoms with Crippen LogP contribution in [0.3, 0.4) is 0 Å². The summed E-state index contributed by atoms with van der Waals surface area (Å²) in [5.41, 5.74) is 4.05. The summed E-state index contributed by atoms with van der Waals surface area (Å²) in [7, 11) is 0. The molecule has 0 spiro atoms. The molecule has 2 atom stereocenters. The van der Waals surface area contributed by atoms with Gasteiger partial charge in [0.05, 0.1) is 23.8 Å². The lowest BCUT2D eigenvalue weighted by Crippen LogP contribution is -2.55. The molecule has 1 saturated carbocycles. The van der Waals surface area contributed by atoms with Crippen LogP contribution in [0.1, 0.15) is 48.8 Å². The fraction of sp³-hybridized carbons (Fsp3) is 0.400. The summed E-state index contributed by atoms with van der Waals surface area (Å²) in [6.45, 7) is 4.88. The van der Waals surface area contributed by atoms with Gasteiger partial charge in [-0.05, 0) is 50.3 Å². The van der Waals surface area contributed by atoms with Crippen LogP contribution in [-0.2, 0) is 11.2 Å². The first kappa shape index (κ1) is 23.0. The van der Waals surface area contributed by atoms with Gasteiger partial charge in [0, 0.05) is 40.9 Å². The summed E-state index contributed by atoms with van der Waals surface area (Å²) in [5.74, 6) is 0.0370. The van der Waals surface area contributed by atoms with E-state index in [1.54, 1.807) is 6.26 Å². The maximum absolute atomic E-state index is 13.3. The zero-order chi connectivity index (χ0) is 25.0. The number of aryl methyl sites for hydroxylation is 2. The fourth-order valence-corrected chi connectivity index (χ4v) is 6.30. The summed E-state index contributed by atoms with van der Waals surface area (Å²) < 4.78 is 11.7. The predicted octanol–water partition coefficient (Wildman–Crippen LogP) is 5.52. The van der Waals surface area contributed by atoms with E-state index in [0.717, 1.165) is 58.7 Å². The van der Waals surface area contributed by atoms with Gasteiger partial charge >= 0.3 is 5.63 Å². The second-order valence-electron chi connectivity index (χ2n) is 10.6. The SMILES string of the molecule is Cc1c(CC(=O)N2CC[C@]3(O)CCCC[C@@H]3C2)c(=O)oc2c(C)c3occ(-c4ccccc4)c3cc12. The number of likely N-dealkylation sites (tertiary alicyclic amines) is 1. The van der Waals surface area contributed by atoms with Crippen LogP contribution in [0.25, 0.3) is 33.1 Å². The van der Waals surface area contributed by atoms with Crippen LogP contribution in [0.15, 0.2) is 56.3 Å². The molecule has 2 fully saturated rings. The Bertz CT molecular complexity index is 1530. The van der Waals surface area contributed by atoms with Gasteiger partial charge in [0.25, 0.3) is 0 Å². The summed E-state index contributed by atoms with van der Waals surface area (Å²) in [4.78, 5) is 28.2. The maximum Gasteiger partial charge on any atom is 0.340 e. The summed E-state index contributed by atoms with van der Waals surface area (Å²) in [5, 5.41) is 12.7. The molecule has 0 radical (unpaired) electrons. The van der Waals surface area contributed by atoms with Gasteiger partial charge in [-0.25, -0.2) is 4.79 Å². The first-order valence-corrected chi connectivity index (χ1v) is 12.9. The second-order valence-corrected chi connectivity index (χ2v) is 10.6. The lowest BCUT2D eigenvalue weighted by atomic mass is 9.71. The molecule has 3 heterocycles. The summed E-state index contributed by atoms with van der Waals surface area (Å²) in [6.07, 6.45) is 6.26. The minimum atomic E-state index is -0.642. The van der Waals surface area contributed by atoms with E-state index in [-0.39, 0.29) is 18.2 Å². The standard InChI is InChI=1S/C30H31NO5/c1-18-22-14-24-25(20-8-4-3-5-9-20)17-35-27(24)19(2)28(22)36-29(33)23(18)15-26(32)31-13-12-30(34)11-7-6-10-21(30)16-31/h3-5,8-9,14,17,21,34H,6-7,10-13,15-16H2,1-2H3/t21-,30-/m1/s1. The van der Waals surface area contributed by atoms with E-state index in [1.807, 2.05) is 55.1 Å². The number of benzene rings is 2. The van der Waals surface area contributed by atoms with Crippen LogP contribution in [-0.4, -0.2) is 34.6 Å². The van der Waals surface area contributed by atoms with Gasteiger partial charge in [-0.1, -0.05) is 43.2 Å². The van der Waals surface area contributed by atoms with Gasteiger partial charge in [0.15, 0.2) is 0 Å². The predicted molar refractivity (Wildman–Crippen MR) is 139 cm³/mol. The largest absolute Gasteiger partial charge is 0.463 e. The van der Waals surface area contributed by atoms with Gasteiger partial charge in [-0.3, -0.25) is 4.79 Å². The van der Waals surface area contributed by atoms with Crippen molar-refractivity contribution in [3.63, 3.8) is 0 Å². The third-order valence-corrected chi connectivity index (χ3v) is 8.53. The molecule has 2 aromatic heterocycles. The normalized spacial score (nSPS) is 22.2. The monoisotopic (exact) mass is 485 g/mol. The minimum absolute atomic E-state index is 0.00324. The van der Waals surface area contributed by atoms with Crippen LogP contribution in [0.5, 0.6) is 0 Å². The molecule has 0 unspecified atom stereocenters. The van der Waals surface area contributed by atoms with Crippen LogP contribution in [0.4, 0.5) is 0 Å². The Balaban J connectivity index is 1.37. The molecule has 1 aliphatic heterocycles. The zero-order valence-electron chi connectivity index (χ0n) is 20.8. The number of aliphatic hydroxyl groups is 1. The third kappa shape index (κ3) is 3.66. The number of fused-ring (bicyclic) bond motifs is 3. The highest BCUT2D eigenvalue weighted by Gasteiger charge is 2.43. The highest BCUT2D eigenvalue weighted by Crippen LogP contribution is 2.40. The summed E-state index contributed by atoms with van der Waals surface area (Å²) >= 11 is 0. The molecule has 6 rings (SSSR count). The molecule has 6 heteroatoms. The average Bonchev–Trinajstić information content (AvgIpc) is 3.31. The van der Waals surface area contributed by atoms with Crippen LogP contribution in [0, 0.1) is 19.8 Å². The van der Waals surface area contributed by atoms with Crippen molar-refractivity contribution in [2.75, 3.05) is 13.1 Å². The van der Waals surface area contributed by atoms with E-state index in [4.69, 9.17) is 8.83 Å². The number of nitrogens with zero attached hydrogens (tertiary/aromatic N) is 1. The Morgan fingerprint density at radius 1 is 1.08 bits per heavy atom. The number of carbonyl (C=O) groups is 1. The Hall–Kier alpha value is -3.38. The van der Waals surface area contributed by atoms with Gasteiger partial charge in [-0.15, -0.1) is 0 Å². The van der Waals surface area contributed by atoms with Gasteiger partial charge in [-0.2, -0.15) is 0 Å². The number of hydrogen-bond acceptors (Lipinski definition) is 5. The molecular weight excluding hydrogens is 454 g/mol. The average molecular weight is 486 g/mol. The molecule has 36 heavy (non-hydrogen) atoms. The van der Waals surface area contributed by atoms with Crippen molar-refractivity contribution >= 4 is 27.8 Å². The fourth-order valence-electron chi connectivity index (χ4n) is 6.30. The van der Waals surface area contributed by atoms with Gasteiger partial charge in [0.1, 0.15) is 11.2 Å². The lowest BCUT2D eigenvalue weighted by Gasteiger charge is -2.47. The number of rotatable bonds is 3. The van der Waals surface area contributed by atoms with Crippen LogP contribution in [0.2, 0.25) is 0 Å². The van der Waals surface area contributed by atoms with E-state index in [1.165, 1.54) is 0 Å². The van der Waals surface area contributed by atoms with Crippen molar-refractivity contribution in [3.05, 3.63) is 69.8 Å². The molecule has 1 amide bonds. The highest BCUT2D eigenvalue weighted by molar-refractivity contribution is 6.05. The van der Waals surface area contributed by atoms with E-state index < -0.39 is 11.2 Å². The molecule has 1 N–H and O–H groups in total. The smallest absolute Gasteiger partial charge is 0.340 e. The zero-order valence-corrected chi connectivity index (χ0v) is 20.8. The molecule has 0 bridgehead atoms.